The van der Waals surface area contributed by atoms with E-state index in [0.29, 0.717) is 62.8 Å². The lowest BCUT2D eigenvalue weighted by Crippen LogP contribution is -2.55. The maximum absolute atomic E-state index is 13.6. The molecule has 3 saturated heterocycles. The van der Waals surface area contributed by atoms with E-state index in [9.17, 15) is 53.1 Å². The number of carbonyl (C=O) groups excluding carboxylic acids is 10. The maximum Gasteiger partial charge on any atom is 0.407 e. The number of urea groups is 1. The second-order valence-electron chi connectivity index (χ2n) is 23.4. The predicted octanol–water partition coefficient (Wildman–Crippen LogP) is 3.43. The number of esters is 1. The summed E-state index contributed by atoms with van der Waals surface area (Å²) in [5.41, 5.74) is 6.38. The van der Waals surface area contributed by atoms with E-state index in [2.05, 4.69) is 50.2 Å². The van der Waals surface area contributed by atoms with Crippen LogP contribution in [0.25, 0.3) is 0 Å². The molecule has 10 amide bonds. The van der Waals surface area contributed by atoms with E-state index in [1.807, 2.05) is 19.9 Å². The van der Waals surface area contributed by atoms with Gasteiger partial charge in [-0.15, -0.1) is 0 Å². The smallest absolute Gasteiger partial charge is 0.407 e. The largest absolute Gasteiger partial charge is 0.459 e. The van der Waals surface area contributed by atoms with Crippen LogP contribution >= 0.6 is 0 Å². The summed E-state index contributed by atoms with van der Waals surface area (Å²) in [5, 5.41) is 30.8. The number of amides is 10. The number of anilines is 1. The number of aliphatic hydroxyl groups excluding tert-OH is 1. The highest BCUT2D eigenvalue weighted by atomic mass is 16.6. The van der Waals surface area contributed by atoms with Crippen LogP contribution < -0.4 is 43.0 Å². The molecular weight excluding hydrogens is 1110 g/mol. The van der Waals surface area contributed by atoms with E-state index < -0.39 is 72.0 Å². The molecule has 86 heavy (non-hydrogen) atoms. The van der Waals surface area contributed by atoms with E-state index >= 15 is 0 Å². The van der Waals surface area contributed by atoms with Crippen LogP contribution in [0.2, 0.25) is 0 Å². The Balaban J connectivity index is 0.879. The van der Waals surface area contributed by atoms with Gasteiger partial charge in [-0.3, -0.25) is 43.3 Å². The number of allylic oxidation sites excluding steroid dienone is 2. The fourth-order valence-electron chi connectivity index (χ4n) is 10.7. The number of primary amides is 1. The van der Waals surface area contributed by atoms with Crippen molar-refractivity contribution in [1.82, 2.24) is 36.8 Å². The van der Waals surface area contributed by atoms with Crippen LogP contribution in [0.4, 0.5) is 15.3 Å². The van der Waals surface area contributed by atoms with Crippen LogP contribution in [0.1, 0.15) is 131 Å². The highest BCUT2D eigenvalue weighted by Crippen LogP contribution is 2.43. The molecule has 1 saturated carbocycles. The summed E-state index contributed by atoms with van der Waals surface area (Å²) in [7, 11) is 0. The number of carbonyl (C=O) groups is 10. The molecule has 1 aliphatic carbocycles. The monoisotopic (exact) mass is 1200 g/mol. The highest BCUT2D eigenvalue weighted by molar-refractivity contribution is 6.12. The Morgan fingerprint density at radius 3 is 2.21 bits per heavy atom. The molecule has 0 unspecified atom stereocenters. The molecule has 4 fully saturated rings. The van der Waals surface area contributed by atoms with Gasteiger partial charge in [0.15, 0.2) is 0 Å². The van der Waals surface area contributed by atoms with Gasteiger partial charge in [-0.1, -0.05) is 63.1 Å². The molecule has 10 N–H and O–H groups in total. The molecular formula is C61H87N9O16. The van der Waals surface area contributed by atoms with Crippen LogP contribution in [0.5, 0.6) is 0 Å². The molecule has 0 aromatic heterocycles. The highest BCUT2D eigenvalue weighted by Gasteiger charge is 2.58. The molecule has 25 nitrogen and oxygen atoms in total. The second-order valence-corrected chi connectivity index (χ2v) is 23.4. The lowest BCUT2D eigenvalue weighted by molar-refractivity contribution is -0.146. The first-order valence-corrected chi connectivity index (χ1v) is 29.8. The number of hydrogen-bond acceptors (Lipinski definition) is 16. The Labute approximate surface area is 502 Å². The molecule has 11 atom stereocenters. The molecule has 6 rings (SSSR count). The molecule has 1 spiro atoms. The van der Waals surface area contributed by atoms with Crippen LogP contribution in [-0.2, 0) is 68.6 Å². The van der Waals surface area contributed by atoms with Gasteiger partial charge in [0, 0.05) is 68.9 Å². The number of imide groups is 1. The molecule has 0 bridgehead atoms. The first kappa shape index (κ1) is 67.6. The fraction of sp³-hybridized carbons (Fsp3) is 0.607. The summed E-state index contributed by atoms with van der Waals surface area (Å²) >= 11 is 0. The normalized spacial score (nSPS) is 26.3. The lowest BCUT2D eigenvalue weighted by atomic mass is 9.85. The van der Waals surface area contributed by atoms with Gasteiger partial charge in [0.2, 0.25) is 29.5 Å². The van der Waals surface area contributed by atoms with E-state index in [1.165, 1.54) is 31.2 Å². The average molecular weight is 1200 g/mol. The Bertz CT molecular complexity index is 2690. The summed E-state index contributed by atoms with van der Waals surface area (Å²) in [5.74, 6) is -3.36. The number of ether oxygens (including phenoxy) is 5. The molecule has 472 valence electrons. The van der Waals surface area contributed by atoms with Gasteiger partial charge in [0.05, 0.1) is 37.4 Å². The van der Waals surface area contributed by atoms with E-state index in [0.717, 1.165) is 16.9 Å². The zero-order valence-electron chi connectivity index (χ0n) is 50.3. The van der Waals surface area contributed by atoms with Crippen molar-refractivity contribution in [3.05, 3.63) is 77.9 Å². The van der Waals surface area contributed by atoms with Crippen molar-refractivity contribution in [3.8, 4) is 0 Å². The number of unbranched alkanes of at least 4 members (excludes halogenated alkanes) is 2. The van der Waals surface area contributed by atoms with E-state index in [-0.39, 0.29) is 117 Å². The topological polar surface area (TPSA) is 354 Å². The molecule has 4 aliphatic heterocycles. The minimum absolute atomic E-state index is 0.0583. The number of aliphatic hydroxyl groups is 1. The number of alkyl carbamates (subject to hydrolysis) is 1. The number of nitrogens with one attached hydrogen (secondary N) is 7. The average Bonchev–Trinajstić information content (AvgIpc) is 1.64. The minimum Gasteiger partial charge on any atom is -0.459 e. The van der Waals surface area contributed by atoms with Crippen molar-refractivity contribution in [2.75, 3.05) is 25.0 Å². The predicted molar refractivity (Wildman–Crippen MR) is 314 cm³/mol. The minimum atomic E-state index is -1.07. The van der Waals surface area contributed by atoms with Gasteiger partial charge in [-0.2, -0.15) is 0 Å². The fourth-order valence-corrected chi connectivity index (χ4v) is 10.7. The number of hydrogen-bond donors (Lipinski definition) is 9. The van der Waals surface area contributed by atoms with Crippen molar-refractivity contribution in [1.29, 1.82) is 0 Å². The summed E-state index contributed by atoms with van der Waals surface area (Å²) in [6.07, 6.45) is 12.3. The van der Waals surface area contributed by atoms with Crippen molar-refractivity contribution >= 4 is 65.1 Å². The summed E-state index contributed by atoms with van der Waals surface area (Å²) in [6, 6.07) is 3.19. The Morgan fingerprint density at radius 2 is 1.55 bits per heavy atom. The Kier molecular flexibility index (Phi) is 25.4. The lowest BCUT2D eigenvalue weighted by Gasteiger charge is -2.39. The Hall–Kier alpha value is -7.48. The van der Waals surface area contributed by atoms with Crippen molar-refractivity contribution in [2.24, 2.45) is 17.6 Å². The third-order valence-corrected chi connectivity index (χ3v) is 15.8. The number of epoxide rings is 1. The van der Waals surface area contributed by atoms with Gasteiger partial charge in [0.1, 0.15) is 42.6 Å². The standard InChI is InChI=1S/C61H87N9O16/c1-35(2)55(69-50(72)13-9-8-10-27-70-53(75)24-25-54(70)76)58(79)68-46(12-11-26-63-59(62)80)57(78)65-42-19-17-41(18-20-42)33-82-60(81)66-44-29-43(30-44)64-52(74)31-45-32-61(34-83-61)56(77)49(86-45)22-15-36(3)14-21-48-37(4)28-47(39(6)85-48)67-51(73)23-16-38(5)84-40(7)71/h14-20,22-25,35,37-39,43-49,55-56,77H,8-13,21,26-34H2,1-7H3,(H,64,74)(H,65,78)(H,66,81)(H,67,73)(H,68,79)(H,69,72)(H3,62,63,80)/t37-,38-,39+,43?,44?,45+,46-,47+,48-,49+,55-,56+,61+/m0/s1. The molecule has 1 aromatic carbocycles. The van der Waals surface area contributed by atoms with Crippen molar-refractivity contribution in [2.45, 2.75) is 205 Å². The first-order valence-electron chi connectivity index (χ1n) is 29.8. The van der Waals surface area contributed by atoms with Crippen LogP contribution in [0.15, 0.2) is 72.4 Å². The van der Waals surface area contributed by atoms with Crippen LogP contribution in [0, 0.1) is 11.8 Å². The quantitative estimate of drug-likeness (QED) is 0.0133. The van der Waals surface area contributed by atoms with E-state index in [4.69, 9.17) is 29.4 Å². The molecule has 5 aliphatic rings. The summed E-state index contributed by atoms with van der Waals surface area (Å²) in [6.45, 7) is 13.1. The van der Waals surface area contributed by atoms with Gasteiger partial charge in [-0.25, -0.2) is 9.59 Å². The van der Waals surface area contributed by atoms with Crippen LogP contribution in [0.3, 0.4) is 0 Å². The van der Waals surface area contributed by atoms with Gasteiger partial charge in [0.25, 0.3) is 11.8 Å². The third-order valence-electron chi connectivity index (χ3n) is 15.8. The summed E-state index contributed by atoms with van der Waals surface area (Å²) < 4.78 is 28.8. The number of benzene rings is 1. The molecule has 0 radical (unpaired) electrons. The van der Waals surface area contributed by atoms with Crippen LogP contribution in [-0.4, -0.2) is 162 Å². The molecule has 1 aromatic rings. The Morgan fingerprint density at radius 1 is 0.849 bits per heavy atom. The second kappa shape index (κ2) is 32.3. The van der Waals surface area contributed by atoms with E-state index in [1.54, 1.807) is 51.1 Å². The first-order chi connectivity index (χ1) is 40.9. The molecule has 25 heteroatoms. The zero-order valence-corrected chi connectivity index (χ0v) is 50.3. The van der Waals surface area contributed by atoms with Crippen molar-refractivity contribution in [3.63, 3.8) is 0 Å². The third kappa shape index (κ3) is 21.5. The van der Waals surface area contributed by atoms with Gasteiger partial charge in [-0.05, 0) is 108 Å². The number of nitrogens with two attached hydrogens (primary N) is 1. The maximum atomic E-state index is 13.6. The van der Waals surface area contributed by atoms with Crippen molar-refractivity contribution < 1.29 is 76.7 Å². The SMILES string of the molecule is CC(=O)O[C@@H](C)C=CC(=O)N[C@@H]1C[C@H](C)[C@H](CC=C(C)C=C[C@H]2O[C@H](CC(=O)NC3CC(NC(=O)OCc4ccc(NC(=O)[C@H](CCCNC(N)=O)NC(=O)[C@@H](NC(=O)CCCCCN5C(=O)C=CC5=O)C(C)C)cc4)C3)C[C@@]3(CO3)[C@@H]2O)O[C@@H]1C. The molecule has 4 heterocycles. The summed E-state index contributed by atoms with van der Waals surface area (Å²) in [4.78, 5) is 126. The number of nitrogens with zero attached hydrogens (tertiary/aromatic N) is 1. The van der Waals surface area contributed by atoms with Gasteiger partial charge < -0.3 is 71.7 Å². The zero-order chi connectivity index (χ0) is 62.7. The number of rotatable bonds is 30. The van der Waals surface area contributed by atoms with Gasteiger partial charge >= 0.3 is 18.1 Å².